The van der Waals surface area contributed by atoms with Crippen molar-refractivity contribution in [3.63, 3.8) is 0 Å². The summed E-state index contributed by atoms with van der Waals surface area (Å²) in [5, 5.41) is 4.19. The molecule has 0 radical (unpaired) electrons. The topological polar surface area (TPSA) is 87.4 Å². The van der Waals surface area contributed by atoms with Gasteiger partial charge in [-0.3, -0.25) is 4.98 Å². The van der Waals surface area contributed by atoms with E-state index in [1.165, 1.54) is 17.5 Å². The molecule has 0 aliphatic rings. The Morgan fingerprint density at radius 1 is 1.08 bits per heavy atom. The molecule has 7 heteroatoms. The summed E-state index contributed by atoms with van der Waals surface area (Å²) in [6.07, 6.45) is 6.99. The van der Waals surface area contributed by atoms with E-state index in [1.54, 1.807) is 10.9 Å². The second-order valence-corrected chi connectivity index (χ2v) is 5.84. The van der Waals surface area contributed by atoms with Crippen LogP contribution in [0.3, 0.4) is 0 Å². The summed E-state index contributed by atoms with van der Waals surface area (Å²) >= 11 is 0. The molecule has 0 atom stereocenters. The predicted molar refractivity (Wildman–Crippen MR) is 96.4 cm³/mol. The normalized spacial score (nSPS) is 11.2. The molecule has 0 bridgehead atoms. The second kappa shape index (κ2) is 6.35. The van der Waals surface area contributed by atoms with Gasteiger partial charge in [0.1, 0.15) is 11.8 Å². The fourth-order valence-electron chi connectivity index (χ4n) is 3.12. The van der Waals surface area contributed by atoms with E-state index in [4.69, 9.17) is 5.73 Å². The van der Waals surface area contributed by atoms with Crippen molar-refractivity contribution in [3.8, 4) is 5.95 Å². The summed E-state index contributed by atoms with van der Waals surface area (Å²) < 4.78 is 3.67. The number of pyridine rings is 1. The van der Waals surface area contributed by atoms with Crippen molar-refractivity contribution in [2.45, 2.75) is 26.3 Å². The number of benzene rings is 1. The monoisotopic (exact) mass is 333 g/mol. The number of imidazole rings is 1. The van der Waals surface area contributed by atoms with Crippen molar-refractivity contribution >= 4 is 17.0 Å². The average Bonchev–Trinajstić information content (AvgIpc) is 3.23. The van der Waals surface area contributed by atoms with Crippen LogP contribution in [0.2, 0.25) is 0 Å². The first-order valence-electron chi connectivity index (χ1n) is 8.31. The van der Waals surface area contributed by atoms with Gasteiger partial charge in [0, 0.05) is 12.7 Å². The standard InChI is InChI=1S/C18H19N7/c1-2-24-16-14(9-8-13-6-4-3-5-7-13)10-20-11-15(16)23-18(24)25-17(19)21-12-22-25/h3-7,10-12H,2,8-9H2,1H3,(H2,19,21,22). The maximum Gasteiger partial charge on any atom is 0.235 e. The number of nitrogen functional groups attached to an aromatic ring is 1. The van der Waals surface area contributed by atoms with Crippen molar-refractivity contribution in [2.75, 3.05) is 5.73 Å². The van der Waals surface area contributed by atoms with Crippen molar-refractivity contribution in [1.29, 1.82) is 0 Å². The van der Waals surface area contributed by atoms with Crippen LogP contribution in [-0.2, 0) is 19.4 Å². The summed E-state index contributed by atoms with van der Waals surface area (Å²) in [5.41, 5.74) is 10.3. The molecular weight excluding hydrogens is 314 g/mol. The number of nitrogens with zero attached hydrogens (tertiary/aromatic N) is 6. The van der Waals surface area contributed by atoms with Crippen LogP contribution in [0.5, 0.6) is 0 Å². The lowest BCUT2D eigenvalue weighted by Gasteiger charge is -2.09. The summed E-state index contributed by atoms with van der Waals surface area (Å²) in [7, 11) is 0. The maximum atomic E-state index is 5.91. The van der Waals surface area contributed by atoms with E-state index >= 15 is 0 Å². The van der Waals surface area contributed by atoms with Gasteiger partial charge in [0.05, 0.1) is 11.7 Å². The fourth-order valence-corrected chi connectivity index (χ4v) is 3.12. The number of anilines is 1. The van der Waals surface area contributed by atoms with Crippen molar-refractivity contribution < 1.29 is 0 Å². The quantitative estimate of drug-likeness (QED) is 0.606. The summed E-state index contributed by atoms with van der Waals surface area (Å²) in [6.45, 7) is 2.84. The highest BCUT2D eigenvalue weighted by Gasteiger charge is 2.17. The zero-order valence-electron chi connectivity index (χ0n) is 14.0. The van der Waals surface area contributed by atoms with Gasteiger partial charge in [0.15, 0.2) is 0 Å². The minimum absolute atomic E-state index is 0.323. The largest absolute Gasteiger partial charge is 0.368 e. The SMILES string of the molecule is CCn1c(-n2ncnc2N)nc2cncc(CCc3ccccc3)c21. The Morgan fingerprint density at radius 2 is 1.92 bits per heavy atom. The van der Waals surface area contributed by atoms with E-state index in [2.05, 4.69) is 55.8 Å². The highest BCUT2D eigenvalue weighted by atomic mass is 15.4. The zero-order chi connectivity index (χ0) is 17.2. The van der Waals surface area contributed by atoms with Crippen molar-refractivity contribution in [1.82, 2.24) is 29.3 Å². The van der Waals surface area contributed by atoms with Crippen LogP contribution >= 0.6 is 0 Å². The average molecular weight is 333 g/mol. The predicted octanol–water partition coefficient (Wildman–Crippen LogP) is 2.40. The van der Waals surface area contributed by atoms with E-state index in [9.17, 15) is 0 Å². The Labute approximate surface area is 145 Å². The zero-order valence-corrected chi connectivity index (χ0v) is 14.0. The van der Waals surface area contributed by atoms with E-state index in [0.717, 1.165) is 30.4 Å². The molecule has 25 heavy (non-hydrogen) atoms. The van der Waals surface area contributed by atoms with Gasteiger partial charge in [0.2, 0.25) is 11.9 Å². The van der Waals surface area contributed by atoms with Gasteiger partial charge < -0.3 is 10.3 Å². The van der Waals surface area contributed by atoms with Gasteiger partial charge in [-0.25, -0.2) is 4.98 Å². The summed E-state index contributed by atoms with van der Waals surface area (Å²) in [6, 6.07) is 10.5. The van der Waals surface area contributed by atoms with Gasteiger partial charge in [-0.1, -0.05) is 30.3 Å². The highest BCUT2D eigenvalue weighted by molar-refractivity contribution is 5.80. The molecule has 0 saturated heterocycles. The Hall–Kier alpha value is -3.22. The number of hydrogen-bond donors (Lipinski definition) is 1. The molecule has 3 aromatic heterocycles. The van der Waals surface area contributed by atoms with E-state index in [1.807, 2.05) is 12.3 Å². The first kappa shape index (κ1) is 15.3. The van der Waals surface area contributed by atoms with E-state index in [-0.39, 0.29) is 0 Å². The molecule has 7 nitrogen and oxygen atoms in total. The number of hydrogen-bond acceptors (Lipinski definition) is 5. The molecule has 126 valence electrons. The number of rotatable bonds is 5. The molecule has 0 saturated carbocycles. The minimum Gasteiger partial charge on any atom is -0.368 e. The van der Waals surface area contributed by atoms with Gasteiger partial charge >= 0.3 is 0 Å². The molecule has 4 aromatic rings. The van der Waals surface area contributed by atoms with Gasteiger partial charge in [-0.15, -0.1) is 0 Å². The first-order valence-corrected chi connectivity index (χ1v) is 8.31. The van der Waals surface area contributed by atoms with E-state index < -0.39 is 0 Å². The highest BCUT2D eigenvalue weighted by Crippen LogP contribution is 2.23. The van der Waals surface area contributed by atoms with Crippen LogP contribution in [0.25, 0.3) is 17.0 Å². The van der Waals surface area contributed by atoms with Gasteiger partial charge in [0.25, 0.3) is 0 Å². The Kier molecular flexibility index (Phi) is 3.89. The van der Waals surface area contributed by atoms with Crippen LogP contribution in [0.4, 0.5) is 5.95 Å². The molecule has 0 aliphatic carbocycles. The number of fused-ring (bicyclic) bond motifs is 1. The smallest absolute Gasteiger partial charge is 0.235 e. The molecule has 2 N–H and O–H groups in total. The second-order valence-electron chi connectivity index (χ2n) is 5.84. The summed E-state index contributed by atoms with van der Waals surface area (Å²) in [4.78, 5) is 13.0. The van der Waals surface area contributed by atoms with Crippen LogP contribution in [0.15, 0.2) is 49.1 Å². The molecule has 3 heterocycles. The van der Waals surface area contributed by atoms with Crippen LogP contribution in [0.1, 0.15) is 18.1 Å². The first-order chi connectivity index (χ1) is 12.3. The third-order valence-corrected chi connectivity index (χ3v) is 4.31. The fraction of sp³-hybridized carbons (Fsp3) is 0.222. The third kappa shape index (κ3) is 2.73. The Balaban J connectivity index is 1.78. The Bertz CT molecular complexity index is 1000. The van der Waals surface area contributed by atoms with Crippen LogP contribution < -0.4 is 5.73 Å². The Morgan fingerprint density at radius 3 is 2.64 bits per heavy atom. The van der Waals surface area contributed by atoms with Crippen LogP contribution in [0, 0.1) is 0 Å². The maximum absolute atomic E-state index is 5.91. The molecule has 1 aromatic carbocycles. The molecule has 0 fully saturated rings. The minimum atomic E-state index is 0.323. The molecule has 0 unspecified atom stereocenters. The molecule has 0 spiro atoms. The number of aromatic nitrogens is 6. The van der Waals surface area contributed by atoms with Crippen molar-refractivity contribution in [3.05, 3.63) is 60.2 Å². The molecular formula is C18H19N7. The molecule has 0 amide bonds. The van der Waals surface area contributed by atoms with Crippen molar-refractivity contribution in [2.24, 2.45) is 0 Å². The lowest BCUT2D eigenvalue weighted by molar-refractivity contribution is 0.703. The van der Waals surface area contributed by atoms with E-state index in [0.29, 0.717) is 11.9 Å². The lowest BCUT2D eigenvalue weighted by Crippen LogP contribution is -2.10. The third-order valence-electron chi connectivity index (χ3n) is 4.31. The number of aryl methyl sites for hydroxylation is 3. The van der Waals surface area contributed by atoms with Crippen LogP contribution in [-0.4, -0.2) is 29.3 Å². The molecule has 0 aliphatic heterocycles. The lowest BCUT2D eigenvalue weighted by atomic mass is 10.0. The van der Waals surface area contributed by atoms with Gasteiger partial charge in [-0.2, -0.15) is 14.8 Å². The summed E-state index contributed by atoms with van der Waals surface area (Å²) in [5.74, 6) is 0.991. The molecule has 4 rings (SSSR count). The van der Waals surface area contributed by atoms with Gasteiger partial charge in [-0.05, 0) is 30.9 Å². The number of nitrogens with two attached hydrogens (primary N) is 1.